The molecule has 30 heavy (non-hydrogen) atoms. The number of ether oxygens (including phenoxy) is 1. The third kappa shape index (κ3) is 4.72. The summed E-state index contributed by atoms with van der Waals surface area (Å²) in [5.74, 6) is 0.830. The molecule has 155 valence electrons. The standard InChI is InChI=1S/C24H24Cl2N3O/c1-16(23-20(25)5-4-6-21(23)26)30-22-13-19(14-28-24(22)27)18-9-7-17(8-10-18)15-29-11-2-3-12-29/h4-10,13-16H,2-3,11-12H2,1H3,(H2,27,28)/t16-/m1/s1. The topological polar surface area (TPSA) is 51.4 Å². The molecule has 0 aliphatic carbocycles. The lowest BCUT2D eigenvalue weighted by Crippen LogP contribution is -2.15. The lowest BCUT2D eigenvalue weighted by Gasteiger charge is -2.19. The summed E-state index contributed by atoms with van der Waals surface area (Å²) < 4.78 is 6.10. The molecule has 0 amide bonds. The average Bonchev–Trinajstić information content (AvgIpc) is 3.23. The van der Waals surface area contributed by atoms with Crippen LogP contribution in [0.5, 0.6) is 5.75 Å². The second-order valence-electron chi connectivity index (χ2n) is 7.50. The van der Waals surface area contributed by atoms with Crippen molar-refractivity contribution in [1.82, 2.24) is 9.88 Å². The number of hydrogen-bond acceptors (Lipinski definition) is 4. The van der Waals surface area contributed by atoms with Crippen molar-refractivity contribution in [3.63, 3.8) is 0 Å². The van der Waals surface area contributed by atoms with E-state index in [9.17, 15) is 0 Å². The fourth-order valence-electron chi connectivity index (χ4n) is 3.70. The number of halogens is 2. The molecular formula is C24H24Cl2N3O. The van der Waals surface area contributed by atoms with Gasteiger partial charge in [0, 0.05) is 27.4 Å². The van der Waals surface area contributed by atoms with Crippen LogP contribution in [0, 0.1) is 6.54 Å². The third-order valence-electron chi connectivity index (χ3n) is 5.31. The zero-order valence-electron chi connectivity index (χ0n) is 16.8. The molecule has 0 unspecified atom stereocenters. The molecular weight excluding hydrogens is 417 g/mol. The van der Waals surface area contributed by atoms with E-state index in [4.69, 9.17) is 33.7 Å². The van der Waals surface area contributed by atoms with E-state index in [0.717, 1.165) is 29.8 Å². The van der Waals surface area contributed by atoms with Gasteiger partial charge < -0.3 is 10.5 Å². The van der Waals surface area contributed by atoms with E-state index in [2.05, 4.69) is 40.7 Å². The van der Waals surface area contributed by atoms with Crippen molar-refractivity contribution in [2.45, 2.75) is 25.9 Å². The van der Waals surface area contributed by atoms with E-state index in [1.54, 1.807) is 18.3 Å². The zero-order chi connectivity index (χ0) is 21.1. The summed E-state index contributed by atoms with van der Waals surface area (Å²) in [4.78, 5) is 6.69. The van der Waals surface area contributed by atoms with Gasteiger partial charge >= 0.3 is 0 Å². The van der Waals surface area contributed by atoms with E-state index in [1.165, 1.54) is 18.4 Å². The van der Waals surface area contributed by atoms with Crippen LogP contribution in [-0.2, 0) is 0 Å². The van der Waals surface area contributed by atoms with E-state index >= 15 is 0 Å². The molecule has 0 bridgehead atoms. The first-order chi connectivity index (χ1) is 14.5. The van der Waals surface area contributed by atoms with Crippen LogP contribution in [0.25, 0.3) is 11.1 Å². The SMILES string of the molecule is C[C@@H](Oc1cc(-c2ccc([CH]N3CCCC3)cc2)cnc1N)c1c(Cl)cccc1Cl. The van der Waals surface area contributed by atoms with Crippen LogP contribution in [0.4, 0.5) is 5.82 Å². The van der Waals surface area contributed by atoms with Gasteiger partial charge in [0.15, 0.2) is 11.6 Å². The molecule has 2 N–H and O–H groups in total. The minimum atomic E-state index is -0.372. The highest BCUT2D eigenvalue weighted by atomic mass is 35.5. The lowest BCUT2D eigenvalue weighted by atomic mass is 10.0. The Morgan fingerprint density at radius 2 is 1.70 bits per heavy atom. The number of nitrogen functional groups attached to an aromatic ring is 1. The van der Waals surface area contributed by atoms with Gasteiger partial charge in [-0.15, -0.1) is 0 Å². The quantitative estimate of drug-likeness (QED) is 0.482. The molecule has 1 aliphatic rings. The highest BCUT2D eigenvalue weighted by Crippen LogP contribution is 2.35. The molecule has 1 aliphatic heterocycles. The van der Waals surface area contributed by atoms with Gasteiger partial charge in [0.05, 0.1) is 6.54 Å². The predicted octanol–water partition coefficient (Wildman–Crippen LogP) is 6.38. The maximum absolute atomic E-state index is 6.32. The first-order valence-electron chi connectivity index (χ1n) is 10.1. The zero-order valence-corrected chi connectivity index (χ0v) is 18.3. The molecule has 1 fully saturated rings. The molecule has 1 radical (unpaired) electrons. The lowest BCUT2D eigenvalue weighted by molar-refractivity contribution is 0.228. The van der Waals surface area contributed by atoms with E-state index < -0.39 is 0 Å². The molecule has 0 saturated carbocycles. The van der Waals surface area contributed by atoms with Gasteiger partial charge in [-0.25, -0.2) is 4.98 Å². The maximum atomic E-state index is 6.32. The highest BCUT2D eigenvalue weighted by molar-refractivity contribution is 6.36. The predicted molar refractivity (Wildman–Crippen MR) is 124 cm³/mol. The number of nitrogens with zero attached hydrogens (tertiary/aromatic N) is 2. The highest BCUT2D eigenvalue weighted by Gasteiger charge is 2.17. The summed E-state index contributed by atoms with van der Waals surface area (Å²) in [5.41, 5.74) is 9.98. The van der Waals surface area contributed by atoms with Crippen molar-refractivity contribution in [3.05, 3.63) is 82.4 Å². The maximum Gasteiger partial charge on any atom is 0.166 e. The van der Waals surface area contributed by atoms with E-state index in [0.29, 0.717) is 21.6 Å². The van der Waals surface area contributed by atoms with Crippen LogP contribution >= 0.6 is 23.2 Å². The van der Waals surface area contributed by atoms with E-state index in [1.807, 2.05) is 19.1 Å². The molecule has 2 heterocycles. The number of hydrogen-bond donors (Lipinski definition) is 1. The van der Waals surface area contributed by atoms with Crippen LogP contribution in [-0.4, -0.2) is 23.0 Å². The van der Waals surface area contributed by atoms with Gasteiger partial charge in [0.2, 0.25) is 0 Å². The number of pyridine rings is 1. The first kappa shape index (κ1) is 21.0. The Labute approximate surface area is 187 Å². The minimum Gasteiger partial charge on any atom is -0.482 e. The van der Waals surface area contributed by atoms with Crippen LogP contribution in [0.15, 0.2) is 54.7 Å². The van der Waals surface area contributed by atoms with E-state index in [-0.39, 0.29) is 6.10 Å². The second-order valence-corrected chi connectivity index (χ2v) is 8.31. The largest absolute Gasteiger partial charge is 0.482 e. The Morgan fingerprint density at radius 3 is 2.37 bits per heavy atom. The number of aromatic nitrogens is 1. The van der Waals surface area contributed by atoms with Gasteiger partial charge in [0.1, 0.15) is 6.10 Å². The fourth-order valence-corrected chi connectivity index (χ4v) is 4.40. The molecule has 3 aromatic rings. The Hall–Kier alpha value is -2.27. The van der Waals surface area contributed by atoms with Crippen molar-refractivity contribution in [2.75, 3.05) is 18.8 Å². The van der Waals surface area contributed by atoms with Crippen LogP contribution in [0.1, 0.15) is 37.0 Å². The Balaban J connectivity index is 1.53. The molecule has 1 aromatic heterocycles. The normalized spacial score (nSPS) is 15.3. The van der Waals surface area contributed by atoms with Gasteiger partial charge in [-0.1, -0.05) is 53.5 Å². The molecule has 0 spiro atoms. The smallest absolute Gasteiger partial charge is 0.166 e. The second kappa shape index (κ2) is 9.25. The molecule has 6 heteroatoms. The van der Waals surface area contributed by atoms with Crippen molar-refractivity contribution < 1.29 is 4.74 Å². The van der Waals surface area contributed by atoms with Crippen molar-refractivity contribution >= 4 is 29.0 Å². The average molecular weight is 441 g/mol. The van der Waals surface area contributed by atoms with Gasteiger partial charge in [-0.2, -0.15) is 0 Å². The molecule has 1 saturated heterocycles. The van der Waals surface area contributed by atoms with Crippen molar-refractivity contribution in [1.29, 1.82) is 0 Å². The van der Waals surface area contributed by atoms with Gasteiger partial charge in [0.25, 0.3) is 0 Å². The monoisotopic (exact) mass is 440 g/mol. The van der Waals surface area contributed by atoms with Crippen molar-refractivity contribution in [3.8, 4) is 16.9 Å². The molecule has 4 rings (SSSR count). The summed E-state index contributed by atoms with van der Waals surface area (Å²) in [6, 6.07) is 15.7. The third-order valence-corrected chi connectivity index (χ3v) is 5.97. The Kier molecular flexibility index (Phi) is 6.47. The Bertz CT molecular complexity index is 997. The fraction of sp³-hybridized carbons (Fsp3) is 0.250. The molecule has 4 nitrogen and oxygen atoms in total. The number of benzene rings is 2. The number of likely N-dealkylation sites (tertiary alicyclic amines) is 1. The van der Waals surface area contributed by atoms with Crippen LogP contribution in [0.2, 0.25) is 10.0 Å². The number of anilines is 1. The number of nitrogens with two attached hydrogens (primary N) is 1. The summed E-state index contributed by atoms with van der Waals surface area (Å²) >= 11 is 12.6. The summed E-state index contributed by atoms with van der Waals surface area (Å²) in [6.07, 6.45) is 3.93. The van der Waals surface area contributed by atoms with Crippen LogP contribution in [0.3, 0.4) is 0 Å². The van der Waals surface area contributed by atoms with Gasteiger partial charge in [-0.3, -0.25) is 4.90 Å². The molecule has 2 aromatic carbocycles. The Morgan fingerprint density at radius 1 is 1.03 bits per heavy atom. The van der Waals surface area contributed by atoms with Gasteiger partial charge in [-0.05, 0) is 62.2 Å². The number of rotatable bonds is 6. The summed E-state index contributed by atoms with van der Waals surface area (Å²) in [7, 11) is 0. The summed E-state index contributed by atoms with van der Waals surface area (Å²) in [6.45, 7) is 6.39. The first-order valence-corrected chi connectivity index (χ1v) is 10.8. The van der Waals surface area contributed by atoms with Crippen LogP contribution < -0.4 is 10.5 Å². The molecule has 1 atom stereocenters. The summed E-state index contributed by atoms with van der Waals surface area (Å²) in [5, 5.41) is 1.12. The van der Waals surface area contributed by atoms with Crippen molar-refractivity contribution in [2.24, 2.45) is 0 Å². The minimum absolute atomic E-state index is 0.327.